The second kappa shape index (κ2) is 23.9. The third-order valence-electron chi connectivity index (χ3n) is 15.0. The molecule has 0 unspecified atom stereocenters. The van der Waals surface area contributed by atoms with Gasteiger partial charge in [0.15, 0.2) is 5.67 Å². The van der Waals surface area contributed by atoms with Gasteiger partial charge in [0.05, 0.1) is 51.9 Å². The Morgan fingerprint density at radius 3 is 2.43 bits per heavy atom. The van der Waals surface area contributed by atoms with Crippen LogP contribution in [0.3, 0.4) is 0 Å². The number of rotatable bonds is 19. The van der Waals surface area contributed by atoms with Gasteiger partial charge in [-0.15, -0.1) is 11.3 Å². The van der Waals surface area contributed by atoms with Crippen molar-refractivity contribution in [2.75, 3.05) is 56.1 Å². The average molecular weight is 1090 g/mol. The van der Waals surface area contributed by atoms with Crippen LogP contribution < -0.4 is 31.3 Å². The topological polar surface area (TPSA) is 225 Å². The van der Waals surface area contributed by atoms with E-state index in [0.29, 0.717) is 64.1 Å². The van der Waals surface area contributed by atoms with Gasteiger partial charge in [0.25, 0.3) is 5.91 Å². The minimum absolute atomic E-state index is 0.0124. The third kappa shape index (κ3) is 14.0. The number of nitrogens with zero attached hydrogens (tertiary/aromatic N) is 6. The molecule has 4 aromatic rings. The molecule has 3 aliphatic heterocycles. The van der Waals surface area contributed by atoms with E-state index in [9.17, 15) is 33.5 Å². The molecule has 21 heteroatoms. The molecule has 8 rings (SSSR count). The molecule has 0 spiro atoms. The number of hydrogen-bond acceptors (Lipinski definition) is 14. The van der Waals surface area contributed by atoms with Crippen LogP contribution in [-0.4, -0.2) is 129 Å². The van der Waals surface area contributed by atoms with Crippen molar-refractivity contribution in [1.29, 1.82) is 0 Å². The first-order valence-electron chi connectivity index (χ1n) is 26.0. The lowest BCUT2D eigenvalue weighted by molar-refractivity contribution is -0.145. The SMILES string of the molecule is Cc1ncsc1-c1ccc(CNC(=O)[C@@H]2C[C@@H](O)CN2C(=O)[C@@H](NC(=O)C2(F)CC2)C(C)(C)C)c(OCCCC2CCN(C(=O)CC(=O)Nc3cccc(Sc4cnc(N5CCC(C)(CN)CC5)cn4)c3Cl)CC2)c1. The van der Waals surface area contributed by atoms with Crippen LogP contribution in [0.15, 0.2) is 64.2 Å². The molecule has 2 aromatic carbocycles. The number of alkyl halides is 1. The van der Waals surface area contributed by atoms with Crippen LogP contribution in [0.1, 0.15) is 103 Å². The lowest BCUT2D eigenvalue weighted by Gasteiger charge is -2.39. The van der Waals surface area contributed by atoms with Crippen molar-refractivity contribution in [3.05, 3.63) is 70.6 Å². The van der Waals surface area contributed by atoms with Gasteiger partial charge in [0, 0.05) is 56.1 Å². The number of benzene rings is 2. The number of halogens is 2. The van der Waals surface area contributed by atoms with E-state index in [4.69, 9.17) is 22.1 Å². The molecule has 4 aliphatic rings. The summed E-state index contributed by atoms with van der Waals surface area (Å²) in [6.07, 6.45) is 7.65. The molecule has 0 radical (unpaired) electrons. The van der Waals surface area contributed by atoms with E-state index in [1.54, 1.807) is 55.7 Å². The Kier molecular flexibility index (Phi) is 17.8. The first-order chi connectivity index (χ1) is 35.7. The van der Waals surface area contributed by atoms with Crippen molar-refractivity contribution in [2.45, 2.75) is 139 Å². The zero-order valence-electron chi connectivity index (χ0n) is 43.5. The van der Waals surface area contributed by atoms with E-state index in [-0.39, 0.29) is 50.1 Å². The number of thiazole rings is 1. The molecule has 3 atom stereocenters. The van der Waals surface area contributed by atoms with Crippen LogP contribution in [0, 0.1) is 23.7 Å². The molecule has 17 nitrogen and oxygen atoms in total. The predicted molar refractivity (Wildman–Crippen MR) is 288 cm³/mol. The van der Waals surface area contributed by atoms with E-state index < -0.39 is 52.9 Å². The maximum absolute atomic E-state index is 14.7. The van der Waals surface area contributed by atoms with Crippen LogP contribution >= 0.6 is 34.7 Å². The van der Waals surface area contributed by atoms with E-state index in [2.05, 4.69) is 42.7 Å². The second-order valence-electron chi connectivity index (χ2n) is 21.9. The number of aryl methyl sites for hydroxylation is 1. The number of β-amino-alcohol motifs (C(OH)–C–C–N with tert-alkyl or cyclic N) is 1. The van der Waals surface area contributed by atoms with Crippen molar-refractivity contribution in [3.63, 3.8) is 0 Å². The highest BCUT2D eigenvalue weighted by atomic mass is 35.5. The molecule has 0 bridgehead atoms. The molecule has 4 fully saturated rings. The molecular formula is C54H70ClFN10O7S2. The minimum atomic E-state index is -1.98. The molecule has 1 aliphatic carbocycles. The first-order valence-corrected chi connectivity index (χ1v) is 28.0. The summed E-state index contributed by atoms with van der Waals surface area (Å²) in [4.78, 5) is 87.7. The maximum Gasteiger partial charge on any atom is 0.258 e. The average Bonchev–Trinajstić information content (AvgIpc) is 3.80. The summed E-state index contributed by atoms with van der Waals surface area (Å²) >= 11 is 9.64. The number of hydrogen-bond donors (Lipinski definition) is 5. The number of anilines is 2. The lowest BCUT2D eigenvalue weighted by atomic mass is 9.80. The molecule has 5 heterocycles. The summed E-state index contributed by atoms with van der Waals surface area (Å²) in [7, 11) is 0. The van der Waals surface area contributed by atoms with Crippen molar-refractivity contribution in [2.24, 2.45) is 22.5 Å². The molecule has 6 N–H and O–H groups in total. The summed E-state index contributed by atoms with van der Waals surface area (Å²) in [6.45, 7) is 13.3. The molecular weight excluding hydrogens is 1020 g/mol. The van der Waals surface area contributed by atoms with Gasteiger partial charge in [0.2, 0.25) is 23.6 Å². The molecule has 2 aromatic heterocycles. The van der Waals surface area contributed by atoms with Crippen molar-refractivity contribution >= 4 is 75.7 Å². The van der Waals surface area contributed by atoms with E-state index >= 15 is 0 Å². The van der Waals surface area contributed by atoms with E-state index in [1.807, 2.05) is 31.2 Å². The highest BCUT2D eigenvalue weighted by Gasteiger charge is 2.53. The Hall–Kier alpha value is -5.41. The van der Waals surface area contributed by atoms with Crippen LogP contribution in [0.4, 0.5) is 15.9 Å². The van der Waals surface area contributed by atoms with Crippen molar-refractivity contribution < 1.29 is 38.2 Å². The van der Waals surface area contributed by atoms with Gasteiger partial charge in [-0.1, -0.05) is 69.3 Å². The fourth-order valence-corrected chi connectivity index (χ4v) is 11.7. The Labute approximate surface area is 451 Å². The van der Waals surface area contributed by atoms with Crippen molar-refractivity contribution in [1.82, 2.24) is 35.4 Å². The van der Waals surface area contributed by atoms with Gasteiger partial charge >= 0.3 is 0 Å². The molecule has 3 saturated heterocycles. The minimum Gasteiger partial charge on any atom is -0.493 e. The monoisotopic (exact) mass is 1090 g/mol. The summed E-state index contributed by atoms with van der Waals surface area (Å²) in [5, 5.41) is 20.1. The summed E-state index contributed by atoms with van der Waals surface area (Å²) in [5.74, 6) is -0.772. The highest BCUT2D eigenvalue weighted by molar-refractivity contribution is 7.99. The molecule has 5 amide bonds. The maximum atomic E-state index is 14.7. The number of aromatic nitrogens is 3. The predicted octanol–water partition coefficient (Wildman–Crippen LogP) is 7.32. The number of ether oxygens (including phenoxy) is 1. The fourth-order valence-electron chi connectivity index (χ4n) is 9.85. The van der Waals surface area contributed by atoms with Gasteiger partial charge in [-0.3, -0.25) is 24.0 Å². The van der Waals surface area contributed by atoms with Crippen LogP contribution in [0.2, 0.25) is 5.02 Å². The molecule has 75 heavy (non-hydrogen) atoms. The zero-order chi connectivity index (χ0) is 53.7. The molecule has 1 saturated carbocycles. The fraction of sp³-hybridized carbons (Fsp3) is 0.556. The molecule has 404 valence electrons. The third-order valence-corrected chi connectivity index (χ3v) is 17.5. The first kappa shape index (κ1) is 55.8. The van der Waals surface area contributed by atoms with Crippen LogP contribution in [0.25, 0.3) is 10.4 Å². The normalized spacial score (nSPS) is 19.8. The Balaban J connectivity index is 0.796. The standard InChI is InChI=1S/C54H70ClFN10O7S2/c1-33-47(74-32-61-33)35-11-12-36(27-60-49(70)39-25-37(67)30-66(39)50(71)48(52(2,3)4)63-51(72)54(56)15-16-54)40(24-35)73-23-7-8-34-13-19-65(20-14-34)45(69)26-43(68)62-38-9-6-10-41(46(38)55)75-44-29-58-42(28-59-44)64-21-17-53(5,31-57)18-22-64/h6,9-12,24,28-29,32,34,37,39,48,67H,7-8,13-23,25-27,30-31,57H2,1-5H3,(H,60,70)(H,62,68)(H,63,72)/t37-,39+,48-/m1/s1. The number of carbonyl (C=O) groups is 5. The van der Waals surface area contributed by atoms with Crippen molar-refractivity contribution in [3.8, 4) is 16.2 Å². The number of nitrogens with two attached hydrogens (primary N) is 1. The van der Waals surface area contributed by atoms with Gasteiger partial charge in [-0.25, -0.2) is 19.3 Å². The number of amides is 5. The number of nitrogens with one attached hydrogen (secondary N) is 3. The van der Waals surface area contributed by atoms with Crippen LogP contribution in [0.5, 0.6) is 5.75 Å². The number of piperidine rings is 2. The zero-order valence-corrected chi connectivity index (χ0v) is 45.9. The highest BCUT2D eigenvalue weighted by Crippen LogP contribution is 2.41. The summed E-state index contributed by atoms with van der Waals surface area (Å²) in [5.41, 5.74) is 8.08. The van der Waals surface area contributed by atoms with E-state index in [0.717, 1.165) is 73.6 Å². The van der Waals surface area contributed by atoms with Crippen LogP contribution in [-0.2, 0) is 30.5 Å². The van der Waals surface area contributed by atoms with Gasteiger partial charge in [-0.05, 0) is 105 Å². The second-order valence-corrected chi connectivity index (χ2v) is 24.2. The number of carbonyl (C=O) groups excluding carboxylic acids is 5. The quantitative estimate of drug-likeness (QED) is 0.0459. The smallest absolute Gasteiger partial charge is 0.258 e. The summed E-state index contributed by atoms with van der Waals surface area (Å²) in [6, 6.07) is 9.03. The largest absolute Gasteiger partial charge is 0.493 e. The summed E-state index contributed by atoms with van der Waals surface area (Å²) < 4.78 is 21.1. The number of aliphatic hydroxyl groups excluding tert-OH is 1. The number of aliphatic hydroxyl groups is 1. The van der Waals surface area contributed by atoms with Gasteiger partial charge < -0.3 is 46.2 Å². The van der Waals surface area contributed by atoms with Gasteiger partial charge in [0.1, 0.15) is 35.1 Å². The van der Waals surface area contributed by atoms with E-state index in [1.165, 1.54) is 28.0 Å². The Bertz CT molecular complexity index is 2700. The Morgan fingerprint density at radius 2 is 1.77 bits per heavy atom. The number of likely N-dealkylation sites (tertiary alicyclic amines) is 2. The van der Waals surface area contributed by atoms with Gasteiger partial charge in [-0.2, -0.15) is 0 Å². The lowest BCUT2D eigenvalue weighted by Crippen LogP contribution is -2.59. The Morgan fingerprint density at radius 1 is 1.03 bits per heavy atom.